The number of hydrogen-bond acceptors (Lipinski definition) is 10. The van der Waals surface area contributed by atoms with E-state index in [0.29, 0.717) is 25.0 Å². The number of carbonyl (C=O) groups is 4. The van der Waals surface area contributed by atoms with Gasteiger partial charge in [0.15, 0.2) is 6.10 Å². The smallest absolute Gasteiger partial charge is 0.405 e. The number of ether oxygens (including phenoxy) is 3. The van der Waals surface area contributed by atoms with Crippen molar-refractivity contribution in [2.24, 2.45) is 23.3 Å². The van der Waals surface area contributed by atoms with E-state index >= 15 is 0 Å². The standard InChI is InChI=1S/C33H50N4O8/c1-18-14-22-27(36-13-12-33(5,6)35)24(38)17-23(29(22)40)37-31(41)19(2)10-9-11-25(43-7)30(45-32(34)42)21(4)16-20(3)28(39)26(15-18)44-8/h9-11,16-18,20,25-26,28,30,36,39H,12-15,35H2,1-8H3,(H2,34,42)(H,37,41)/b11-9-,19-10+,21-16+/t18-,20+,25+,26+,28-,30+/m1/s1. The summed E-state index contributed by atoms with van der Waals surface area (Å²) >= 11 is 0. The Morgan fingerprint density at radius 1 is 1.16 bits per heavy atom. The number of ketones is 2. The summed E-state index contributed by atoms with van der Waals surface area (Å²) in [6, 6.07) is 0. The van der Waals surface area contributed by atoms with Crippen molar-refractivity contribution >= 4 is 23.6 Å². The maximum atomic E-state index is 13.7. The number of fused-ring (bicyclic) bond motifs is 2. The zero-order chi connectivity index (χ0) is 34.1. The molecule has 0 radical (unpaired) electrons. The maximum absolute atomic E-state index is 13.7. The molecule has 1 aliphatic heterocycles. The van der Waals surface area contributed by atoms with Gasteiger partial charge in [0.2, 0.25) is 11.6 Å². The number of nitrogens with one attached hydrogen (secondary N) is 2. The van der Waals surface area contributed by atoms with Gasteiger partial charge in [-0.2, -0.15) is 0 Å². The van der Waals surface area contributed by atoms with Crippen LogP contribution >= 0.6 is 0 Å². The second-order valence-electron chi connectivity index (χ2n) is 12.6. The van der Waals surface area contributed by atoms with Crippen molar-refractivity contribution in [3.8, 4) is 0 Å². The second kappa shape index (κ2) is 16.6. The summed E-state index contributed by atoms with van der Waals surface area (Å²) in [5.74, 6) is -2.15. The fourth-order valence-corrected chi connectivity index (χ4v) is 5.29. The van der Waals surface area contributed by atoms with Gasteiger partial charge in [-0.15, -0.1) is 0 Å². The molecule has 1 heterocycles. The SMILES string of the molecule is CO[C@H]1/C=C\C=C(/C)C(=O)NC2=CC(=O)C(NCCC(C)(C)N)=C(C[C@@H](C)C[C@H](OC)[C@H](O)[C@@H](C)/C=C(\C)[C@@H]1OC(N)=O)C2=O. The third-order valence-corrected chi connectivity index (χ3v) is 7.86. The van der Waals surface area contributed by atoms with Crippen LogP contribution in [0.5, 0.6) is 0 Å². The van der Waals surface area contributed by atoms with Crippen LogP contribution in [0.15, 0.2) is 58.5 Å². The summed E-state index contributed by atoms with van der Waals surface area (Å²) in [5.41, 5.74) is 12.1. The molecule has 45 heavy (non-hydrogen) atoms. The van der Waals surface area contributed by atoms with Gasteiger partial charge in [0, 0.05) is 49.4 Å². The number of nitrogens with two attached hydrogens (primary N) is 2. The van der Waals surface area contributed by atoms with Gasteiger partial charge in [-0.05, 0) is 58.4 Å². The molecular formula is C33H50N4O8. The first-order valence-corrected chi connectivity index (χ1v) is 15.1. The monoisotopic (exact) mass is 630 g/mol. The fraction of sp³-hybridized carbons (Fsp3) is 0.576. The summed E-state index contributed by atoms with van der Waals surface area (Å²) in [6.07, 6.45) is 4.30. The predicted octanol–water partition coefficient (Wildman–Crippen LogP) is 2.48. The first kappa shape index (κ1) is 37.6. The highest BCUT2D eigenvalue weighted by Gasteiger charge is 2.33. The van der Waals surface area contributed by atoms with Gasteiger partial charge in [0.25, 0.3) is 5.91 Å². The molecular weight excluding hydrogens is 580 g/mol. The minimum absolute atomic E-state index is 0.131. The molecule has 12 nitrogen and oxygen atoms in total. The van der Waals surface area contributed by atoms with Crippen molar-refractivity contribution < 1.29 is 38.5 Å². The molecule has 2 aliphatic rings. The largest absolute Gasteiger partial charge is 0.439 e. The van der Waals surface area contributed by atoms with E-state index in [4.69, 9.17) is 25.7 Å². The number of methoxy groups -OCH3 is 2. The molecule has 6 atom stereocenters. The number of primary amides is 1. The van der Waals surface area contributed by atoms with E-state index in [0.717, 1.165) is 6.08 Å². The molecule has 1 aliphatic carbocycles. The van der Waals surface area contributed by atoms with Crippen molar-refractivity contribution in [1.29, 1.82) is 0 Å². The number of carbonyl (C=O) groups excluding carboxylic acids is 4. The maximum Gasteiger partial charge on any atom is 0.405 e. The van der Waals surface area contributed by atoms with Gasteiger partial charge in [-0.25, -0.2) is 4.79 Å². The molecule has 0 unspecified atom stereocenters. The van der Waals surface area contributed by atoms with Crippen LogP contribution < -0.4 is 22.1 Å². The lowest BCUT2D eigenvalue weighted by atomic mass is 9.85. The Labute approximate surface area is 266 Å². The first-order chi connectivity index (χ1) is 21.0. The Morgan fingerprint density at radius 2 is 1.82 bits per heavy atom. The Bertz CT molecular complexity index is 1270. The van der Waals surface area contributed by atoms with E-state index < -0.39 is 59.4 Å². The average molecular weight is 631 g/mol. The van der Waals surface area contributed by atoms with E-state index in [1.54, 1.807) is 39.0 Å². The van der Waals surface area contributed by atoms with Crippen LogP contribution in [0.1, 0.15) is 60.8 Å². The van der Waals surface area contributed by atoms with Crippen molar-refractivity contribution in [3.05, 3.63) is 58.5 Å². The predicted molar refractivity (Wildman–Crippen MR) is 170 cm³/mol. The molecule has 0 aromatic rings. The molecule has 250 valence electrons. The van der Waals surface area contributed by atoms with E-state index in [-0.39, 0.29) is 34.9 Å². The average Bonchev–Trinajstić information content (AvgIpc) is 2.95. The number of rotatable bonds is 7. The zero-order valence-corrected chi connectivity index (χ0v) is 27.6. The van der Waals surface area contributed by atoms with E-state index in [9.17, 15) is 24.3 Å². The van der Waals surface area contributed by atoms with Gasteiger partial charge >= 0.3 is 6.09 Å². The van der Waals surface area contributed by atoms with Crippen molar-refractivity contribution in [1.82, 2.24) is 10.6 Å². The molecule has 0 aromatic heterocycles. The Kier molecular flexibility index (Phi) is 13.9. The molecule has 2 amide bonds. The van der Waals surface area contributed by atoms with Crippen molar-refractivity contribution in [3.63, 3.8) is 0 Å². The summed E-state index contributed by atoms with van der Waals surface area (Å²) in [4.78, 5) is 51.9. The van der Waals surface area contributed by atoms with Crippen LogP contribution in [0.2, 0.25) is 0 Å². The second-order valence-corrected chi connectivity index (χ2v) is 12.6. The lowest BCUT2D eigenvalue weighted by molar-refractivity contribution is -0.120. The number of aliphatic hydroxyl groups excluding tert-OH is 1. The van der Waals surface area contributed by atoms with Crippen LogP contribution in [0.25, 0.3) is 0 Å². The Morgan fingerprint density at radius 3 is 2.40 bits per heavy atom. The number of aliphatic hydroxyl groups is 1. The Balaban J connectivity index is 2.60. The summed E-state index contributed by atoms with van der Waals surface area (Å²) in [6.45, 7) is 11.1. The van der Waals surface area contributed by atoms with Crippen molar-refractivity contribution in [2.45, 2.75) is 90.8 Å². The van der Waals surface area contributed by atoms with Crippen LogP contribution in [0, 0.1) is 11.8 Å². The van der Waals surface area contributed by atoms with Crippen LogP contribution in [0.4, 0.5) is 4.79 Å². The third-order valence-electron chi connectivity index (χ3n) is 7.86. The molecule has 0 spiro atoms. The summed E-state index contributed by atoms with van der Waals surface area (Å²) in [7, 11) is 2.92. The molecule has 2 rings (SSSR count). The first-order valence-electron chi connectivity index (χ1n) is 15.1. The minimum atomic E-state index is -1.00. The van der Waals surface area contributed by atoms with Gasteiger partial charge in [0.1, 0.15) is 6.10 Å². The highest BCUT2D eigenvalue weighted by atomic mass is 16.6. The molecule has 0 aromatic carbocycles. The quantitative estimate of drug-likeness (QED) is 0.206. The molecule has 7 N–H and O–H groups in total. The van der Waals surface area contributed by atoms with Gasteiger partial charge in [-0.1, -0.05) is 38.2 Å². The molecule has 0 saturated carbocycles. The normalized spacial score (nSPS) is 30.8. The third kappa shape index (κ3) is 11.1. The van der Waals surface area contributed by atoms with Crippen LogP contribution in [0.3, 0.4) is 0 Å². The number of hydrogen-bond donors (Lipinski definition) is 5. The summed E-state index contributed by atoms with van der Waals surface area (Å²) < 4.78 is 16.6. The summed E-state index contributed by atoms with van der Waals surface area (Å²) in [5, 5.41) is 17.0. The zero-order valence-electron chi connectivity index (χ0n) is 27.6. The number of amides is 2. The molecule has 12 heteroatoms. The highest BCUT2D eigenvalue weighted by molar-refractivity contribution is 6.23. The topological polar surface area (TPSA) is 192 Å². The lowest BCUT2D eigenvalue weighted by Crippen LogP contribution is -2.39. The molecule has 0 saturated heterocycles. The van der Waals surface area contributed by atoms with E-state index in [2.05, 4.69) is 10.6 Å². The lowest BCUT2D eigenvalue weighted by Gasteiger charge is -2.30. The molecule has 0 fully saturated rings. The molecule has 2 bridgehead atoms. The van der Waals surface area contributed by atoms with E-state index in [1.165, 1.54) is 20.3 Å². The number of allylic oxidation sites excluding steroid dienone is 4. The van der Waals surface area contributed by atoms with Gasteiger partial charge < -0.3 is 41.4 Å². The fourth-order valence-electron chi connectivity index (χ4n) is 5.29. The van der Waals surface area contributed by atoms with Crippen LogP contribution in [-0.2, 0) is 28.6 Å². The highest BCUT2D eigenvalue weighted by Crippen LogP contribution is 2.29. The van der Waals surface area contributed by atoms with Crippen LogP contribution in [-0.4, -0.2) is 79.4 Å². The minimum Gasteiger partial charge on any atom is -0.439 e. The van der Waals surface area contributed by atoms with Gasteiger partial charge in [-0.3, -0.25) is 14.4 Å². The van der Waals surface area contributed by atoms with Crippen molar-refractivity contribution in [2.75, 3.05) is 20.8 Å². The van der Waals surface area contributed by atoms with E-state index in [1.807, 2.05) is 20.8 Å². The number of Topliss-reactive ketones (excluding diaryl/α,β-unsaturated/α-hetero) is 1. The Hall–Kier alpha value is -3.58. The van der Waals surface area contributed by atoms with Gasteiger partial charge in [0.05, 0.1) is 23.6 Å².